The number of hydrogen-bond acceptors (Lipinski definition) is 3. The van der Waals surface area contributed by atoms with Crippen LogP contribution in [-0.2, 0) is 19.6 Å². The molecular formula is C22H27N5O. The van der Waals surface area contributed by atoms with Gasteiger partial charge < -0.3 is 19.5 Å². The fourth-order valence-corrected chi connectivity index (χ4v) is 3.08. The largest absolute Gasteiger partial charge is 0.496 e. The van der Waals surface area contributed by atoms with Crippen molar-refractivity contribution in [3.8, 4) is 5.75 Å². The van der Waals surface area contributed by atoms with E-state index in [0.717, 1.165) is 23.8 Å². The Balaban J connectivity index is 1.56. The van der Waals surface area contributed by atoms with Crippen molar-refractivity contribution in [1.29, 1.82) is 0 Å². The molecule has 1 aromatic heterocycles. The molecule has 0 atom stereocenters. The Morgan fingerprint density at radius 1 is 1.14 bits per heavy atom. The summed E-state index contributed by atoms with van der Waals surface area (Å²) in [6, 6.07) is 16.6. The minimum absolute atomic E-state index is 0.716. The molecule has 0 radical (unpaired) electrons. The molecule has 2 aromatic carbocycles. The van der Waals surface area contributed by atoms with Crippen LogP contribution in [-0.4, -0.2) is 41.6 Å². The van der Waals surface area contributed by atoms with Crippen LogP contribution in [0.15, 0.2) is 72.2 Å². The van der Waals surface area contributed by atoms with Gasteiger partial charge in [-0.05, 0) is 17.2 Å². The van der Waals surface area contributed by atoms with E-state index in [1.807, 2.05) is 37.8 Å². The number of benzene rings is 2. The van der Waals surface area contributed by atoms with Crippen LogP contribution >= 0.6 is 0 Å². The number of guanidine groups is 1. The molecule has 0 aliphatic carbocycles. The Hall–Kier alpha value is -3.28. The van der Waals surface area contributed by atoms with Crippen LogP contribution in [0, 0.1) is 0 Å². The summed E-state index contributed by atoms with van der Waals surface area (Å²) in [5.74, 6) is 1.73. The van der Waals surface area contributed by atoms with E-state index in [0.29, 0.717) is 13.1 Å². The van der Waals surface area contributed by atoms with Gasteiger partial charge in [-0.15, -0.1) is 0 Å². The summed E-state index contributed by atoms with van der Waals surface area (Å²) in [4.78, 5) is 10.6. The maximum atomic E-state index is 5.44. The zero-order chi connectivity index (χ0) is 19.8. The second-order valence-electron chi connectivity index (χ2n) is 6.62. The zero-order valence-electron chi connectivity index (χ0n) is 16.7. The lowest BCUT2D eigenvalue weighted by atomic mass is 10.1. The van der Waals surface area contributed by atoms with Crippen molar-refractivity contribution in [2.24, 2.45) is 4.99 Å². The van der Waals surface area contributed by atoms with E-state index < -0.39 is 0 Å². The molecule has 3 aromatic rings. The van der Waals surface area contributed by atoms with Crippen LogP contribution in [0.4, 0.5) is 0 Å². The second-order valence-corrected chi connectivity index (χ2v) is 6.62. The van der Waals surface area contributed by atoms with Gasteiger partial charge in [0.1, 0.15) is 5.75 Å². The zero-order valence-corrected chi connectivity index (χ0v) is 16.7. The van der Waals surface area contributed by atoms with Crippen molar-refractivity contribution in [3.05, 3.63) is 83.9 Å². The third-order valence-corrected chi connectivity index (χ3v) is 4.57. The van der Waals surface area contributed by atoms with Crippen LogP contribution < -0.4 is 10.1 Å². The summed E-state index contributed by atoms with van der Waals surface area (Å²) >= 11 is 0. The van der Waals surface area contributed by atoms with Gasteiger partial charge in [-0.1, -0.05) is 42.5 Å². The third-order valence-electron chi connectivity index (χ3n) is 4.57. The first-order valence-electron chi connectivity index (χ1n) is 9.27. The fourth-order valence-electron chi connectivity index (χ4n) is 3.08. The first-order chi connectivity index (χ1) is 13.7. The average Bonchev–Trinajstić information content (AvgIpc) is 3.23. The third kappa shape index (κ3) is 5.13. The minimum atomic E-state index is 0.716. The highest BCUT2D eigenvalue weighted by Crippen LogP contribution is 2.18. The smallest absolute Gasteiger partial charge is 0.193 e. The molecule has 6 nitrogen and oxygen atoms in total. The molecule has 0 saturated carbocycles. The van der Waals surface area contributed by atoms with Crippen LogP contribution in [0.1, 0.15) is 16.7 Å². The van der Waals surface area contributed by atoms with Crippen molar-refractivity contribution in [3.63, 3.8) is 0 Å². The topological polar surface area (TPSA) is 54.7 Å². The summed E-state index contributed by atoms with van der Waals surface area (Å²) in [6.07, 6.45) is 5.60. The Labute approximate surface area is 166 Å². The molecule has 28 heavy (non-hydrogen) atoms. The van der Waals surface area contributed by atoms with Crippen molar-refractivity contribution < 1.29 is 4.74 Å². The van der Waals surface area contributed by atoms with Crippen LogP contribution in [0.2, 0.25) is 0 Å². The van der Waals surface area contributed by atoms with Gasteiger partial charge in [0.25, 0.3) is 0 Å². The molecule has 1 heterocycles. The van der Waals surface area contributed by atoms with Crippen LogP contribution in [0.3, 0.4) is 0 Å². The summed E-state index contributed by atoms with van der Waals surface area (Å²) in [6.45, 7) is 2.26. The molecule has 0 bridgehead atoms. The Morgan fingerprint density at radius 2 is 1.89 bits per heavy atom. The van der Waals surface area contributed by atoms with E-state index in [2.05, 4.69) is 55.1 Å². The van der Waals surface area contributed by atoms with Gasteiger partial charge in [0, 0.05) is 51.7 Å². The first kappa shape index (κ1) is 19.5. The highest BCUT2D eigenvalue weighted by atomic mass is 16.5. The van der Waals surface area contributed by atoms with Gasteiger partial charge in [-0.3, -0.25) is 4.99 Å². The van der Waals surface area contributed by atoms with Crippen LogP contribution in [0.25, 0.3) is 0 Å². The Kier molecular flexibility index (Phi) is 6.68. The number of para-hydroxylation sites is 1. The van der Waals surface area contributed by atoms with Crippen molar-refractivity contribution in [1.82, 2.24) is 19.8 Å². The van der Waals surface area contributed by atoms with E-state index >= 15 is 0 Å². The number of hydrogen-bond donors (Lipinski definition) is 1. The predicted molar refractivity (Wildman–Crippen MR) is 112 cm³/mol. The van der Waals surface area contributed by atoms with E-state index in [4.69, 9.17) is 4.74 Å². The molecule has 0 saturated heterocycles. The number of aromatic nitrogens is 2. The minimum Gasteiger partial charge on any atom is -0.496 e. The molecule has 0 spiro atoms. The molecule has 0 aliphatic rings. The molecule has 6 heteroatoms. The van der Waals surface area contributed by atoms with Gasteiger partial charge in [-0.2, -0.15) is 0 Å². The number of ether oxygens (including phenoxy) is 1. The van der Waals surface area contributed by atoms with Crippen molar-refractivity contribution in [2.75, 3.05) is 21.2 Å². The maximum Gasteiger partial charge on any atom is 0.193 e. The number of rotatable bonds is 7. The number of aliphatic imine (C=N–C) groups is 1. The fraction of sp³-hybridized carbons (Fsp3) is 0.273. The molecule has 0 aliphatic heterocycles. The Bertz CT molecular complexity index is 888. The number of nitrogens with zero attached hydrogens (tertiary/aromatic N) is 4. The number of methoxy groups -OCH3 is 1. The molecule has 3 rings (SSSR count). The van der Waals surface area contributed by atoms with Crippen molar-refractivity contribution in [2.45, 2.75) is 19.6 Å². The van der Waals surface area contributed by atoms with Crippen LogP contribution in [0.5, 0.6) is 5.75 Å². The molecule has 0 fully saturated rings. The summed E-state index contributed by atoms with van der Waals surface area (Å²) < 4.78 is 7.50. The van der Waals surface area contributed by atoms with Gasteiger partial charge >= 0.3 is 0 Å². The summed E-state index contributed by atoms with van der Waals surface area (Å²) in [5, 5.41) is 3.43. The molecular weight excluding hydrogens is 350 g/mol. The first-order valence-corrected chi connectivity index (χ1v) is 9.27. The van der Waals surface area contributed by atoms with E-state index in [-0.39, 0.29) is 0 Å². The van der Waals surface area contributed by atoms with E-state index in [1.165, 1.54) is 11.1 Å². The monoisotopic (exact) mass is 377 g/mol. The normalized spacial score (nSPS) is 11.3. The lowest BCUT2D eigenvalue weighted by Gasteiger charge is -2.23. The lowest BCUT2D eigenvalue weighted by Crippen LogP contribution is -2.38. The molecule has 0 amide bonds. The average molecular weight is 377 g/mol. The Morgan fingerprint density at radius 3 is 2.57 bits per heavy atom. The van der Waals surface area contributed by atoms with Gasteiger partial charge in [0.2, 0.25) is 0 Å². The SMILES string of the molecule is CN=C(NCc1ccc(Cn2ccnc2)cc1)N(C)Cc1ccccc1OC. The molecule has 1 N–H and O–H groups in total. The predicted octanol–water partition coefficient (Wildman–Crippen LogP) is 3.15. The van der Waals surface area contributed by atoms with E-state index in [1.54, 1.807) is 20.4 Å². The second kappa shape index (κ2) is 9.60. The number of nitrogens with one attached hydrogen (secondary N) is 1. The van der Waals surface area contributed by atoms with Crippen molar-refractivity contribution >= 4 is 5.96 Å². The molecule has 146 valence electrons. The standard InChI is InChI=1S/C22H27N5O/c1-23-22(26(2)16-20-6-4-5-7-21(20)28-3)25-14-18-8-10-19(11-9-18)15-27-13-12-24-17-27/h4-13,17H,14-16H2,1-3H3,(H,23,25). The summed E-state index contributed by atoms with van der Waals surface area (Å²) in [7, 11) is 5.52. The quantitative estimate of drug-likeness (QED) is 0.508. The van der Waals surface area contributed by atoms with Gasteiger partial charge in [0.05, 0.1) is 13.4 Å². The lowest BCUT2D eigenvalue weighted by molar-refractivity contribution is 0.396. The maximum absolute atomic E-state index is 5.44. The van der Waals surface area contributed by atoms with E-state index in [9.17, 15) is 0 Å². The van der Waals surface area contributed by atoms with Gasteiger partial charge in [0.15, 0.2) is 5.96 Å². The number of imidazole rings is 1. The highest BCUT2D eigenvalue weighted by Gasteiger charge is 2.09. The molecule has 0 unspecified atom stereocenters. The highest BCUT2D eigenvalue weighted by molar-refractivity contribution is 5.79. The summed E-state index contributed by atoms with van der Waals surface area (Å²) in [5.41, 5.74) is 3.58. The van der Waals surface area contributed by atoms with Gasteiger partial charge in [-0.25, -0.2) is 4.98 Å².